The summed E-state index contributed by atoms with van der Waals surface area (Å²) in [6.07, 6.45) is 10.0. The lowest BCUT2D eigenvalue weighted by Gasteiger charge is -2.26. The van der Waals surface area contributed by atoms with Crippen LogP contribution in [0.25, 0.3) is 0 Å². The van der Waals surface area contributed by atoms with Gasteiger partial charge in [-0.05, 0) is 44.6 Å². The lowest BCUT2D eigenvalue weighted by molar-refractivity contribution is -0.143. The molecule has 1 aromatic carbocycles. The zero-order chi connectivity index (χ0) is 15.6. The molecule has 0 saturated carbocycles. The molecule has 0 aromatic heterocycles. The predicted molar refractivity (Wildman–Crippen MR) is 87.7 cm³/mol. The van der Waals surface area contributed by atoms with Crippen molar-refractivity contribution >= 4 is 5.97 Å². The summed E-state index contributed by atoms with van der Waals surface area (Å²) in [6, 6.07) is 10.5. The Labute approximate surface area is 133 Å². The van der Waals surface area contributed by atoms with E-state index in [4.69, 9.17) is 9.47 Å². The lowest BCUT2D eigenvalue weighted by Crippen LogP contribution is -2.24. The number of benzene rings is 1. The molecule has 0 unspecified atom stereocenters. The Bertz CT molecular complexity index is 467. The molecule has 0 bridgehead atoms. The summed E-state index contributed by atoms with van der Waals surface area (Å²) >= 11 is 0. The first-order valence-electron chi connectivity index (χ1n) is 8.29. The van der Waals surface area contributed by atoms with Crippen LogP contribution in [0, 0.1) is 0 Å². The zero-order valence-electron chi connectivity index (χ0n) is 13.4. The summed E-state index contributed by atoms with van der Waals surface area (Å²) in [5.41, 5.74) is 1.36. The van der Waals surface area contributed by atoms with E-state index < -0.39 is 0 Å². The zero-order valence-corrected chi connectivity index (χ0v) is 13.4. The molecule has 1 aliphatic rings. The quantitative estimate of drug-likeness (QED) is 0.536. The Kier molecular flexibility index (Phi) is 7.17. The number of ether oxygens (including phenoxy) is 2. The number of carbonyl (C=O) groups excluding carboxylic acids is 1. The summed E-state index contributed by atoms with van der Waals surface area (Å²) < 4.78 is 11.1. The second kappa shape index (κ2) is 9.42. The molecular formula is C19H26O3. The van der Waals surface area contributed by atoms with Gasteiger partial charge in [-0.1, -0.05) is 42.5 Å². The van der Waals surface area contributed by atoms with Gasteiger partial charge in [0.05, 0.1) is 18.8 Å². The van der Waals surface area contributed by atoms with Gasteiger partial charge in [0.15, 0.2) is 0 Å². The van der Waals surface area contributed by atoms with Gasteiger partial charge in [0.2, 0.25) is 0 Å². The van der Waals surface area contributed by atoms with Crippen molar-refractivity contribution in [1.29, 1.82) is 0 Å². The lowest BCUT2D eigenvalue weighted by atomic mass is 10.0. The van der Waals surface area contributed by atoms with Crippen LogP contribution in [0.3, 0.4) is 0 Å². The smallest absolute Gasteiger partial charge is 0.305 e. The van der Waals surface area contributed by atoms with Crippen molar-refractivity contribution in [3.05, 3.63) is 48.0 Å². The van der Waals surface area contributed by atoms with E-state index in [0.717, 1.165) is 32.1 Å². The van der Waals surface area contributed by atoms with E-state index in [9.17, 15) is 4.79 Å². The number of hydrogen-bond acceptors (Lipinski definition) is 3. The highest BCUT2D eigenvalue weighted by Crippen LogP contribution is 2.20. The van der Waals surface area contributed by atoms with Crippen molar-refractivity contribution in [3.63, 3.8) is 0 Å². The molecule has 2 atom stereocenters. The molecule has 0 fully saturated rings. The maximum atomic E-state index is 11.3. The molecule has 0 amide bonds. The highest BCUT2D eigenvalue weighted by Gasteiger charge is 2.18. The first kappa shape index (κ1) is 16.8. The van der Waals surface area contributed by atoms with Crippen LogP contribution in [0.4, 0.5) is 0 Å². The molecule has 0 spiro atoms. The fraction of sp³-hybridized carbons (Fsp3) is 0.526. The van der Waals surface area contributed by atoms with E-state index in [0.29, 0.717) is 13.0 Å². The van der Waals surface area contributed by atoms with Gasteiger partial charge in [-0.3, -0.25) is 4.79 Å². The molecule has 3 nitrogen and oxygen atoms in total. The number of carbonyl (C=O) groups is 1. The fourth-order valence-electron chi connectivity index (χ4n) is 2.73. The van der Waals surface area contributed by atoms with Gasteiger partial charge in [0, 0.05) is 6.42 Å². The maximum Gasteiger partial charge on any atom is 0.305 e. The second-order valence-corrected chi connectivity index (χ2v) is 5.68. The Morgan fingerprint density at radius 3 is 2.86 bits per heavy atom. The van der Waals surface area contributed by atoms with Gasteiger partial charge < -0.3 is 9.47 Å². The van der Waals surface area contributed by atoms with Gasteiger partial charge in [-0.25, -0.2) is 0 Å². The molecule has 3 heteroatoms. The highest BCUT2D eigenvalue weighted by atomic mass is 16.5. The molecule has 0 N–H and O–H groups in total. The summed E-state index contributed by atoms with van der Waals surface area (Å²) in [7, 11) is 0. The van der Waals surface area contributed by atoms with Crippen LogP contribution >= 0.6 is 0 Å². The Hall–Kier alpha value is -1.61. The van der Waals surface area contributed by atoms with Crippen molar-refractivity contribution in [2.75, 3.05) is 6.61 Å². The molecule has 0 saturated heterocycles. The Balaban J connectivity index is 1.67. The topological polar surface area (TPSA) is 35.5 Å². The number of esters is 1. The van der Waals surface area contributed by atoms with E-state index in [-0.39, 0.29) is 18.2 Å². The first-order valence-corrected chi connectivity index (χ1v) is 8.29. The predicted octanol–water partition coefficient (Wildman–Crippen LogP) is 4.07. The second-order valence-electron chi connectivity index (χ2n) is 5.68. The normalized spacial score (nSPS) is 20.8. The van der Waals surface area contributed by atoms with E-state index in [1.54, 1.807) is 0 Å². The molecule has 1 heterocycles. The molecule has 1 aliphatic heterocycles. The van der Waals surface area contributed by atoms with Crippen LogP contribution in [-0.2, 0) is 20.7 Å². The van der Waals surface area contributed by atoms with Crippen LogP contribution in [0.1, 0.15) is 44.6 Å². The summed E-state index contributed by atoms with van der Waals surface area (Å²) in [5, 5.41) is 0. The monoisotopic (exact) mass is 302 g/mol. The highest BCUT2D eigenvalue weighted by molar-refractivity contribution is 5.69. The van der Waals surface area contributed by atoms with Crippen LogP contribution in [0.2, 0.25) is 0 Å². The SMILES string of the molecule is CCOC(=O)CCC[C@@H]1C=CC[C@@H](CCc2ccccc2)O1. The standard InChI is InChI=1S/C19H26O3/c1-2-21-19(20)13-7-12-17-10-6-11-18(22-17)15-14-16-8-4-3-5-9-16/h3-6,8-10,17-18H,2,7,11-15H2,1H3/t17-,18-/m0/s1. The van der Waals surface area contributed by atoms with Crippen molar-refractivity contribution in [3.8, 4) is 0 Å². The average Bonchev–Trinajstić information content (AvgIpc) is 2.55. The van der Waals surface area contributed by atoms with Crippen LogP contribution in [-0.4, -0.2) is 24.8 Å². The van der Waals surface area contributed by atoms with Crippen LogP contribution < -0.4 is 0 Å². The number of hydrogen-bond donors (Lipinski definition) is 0. The van der Waals surface area contributed by atoms with E-state index in [1.807, 2.05) is 13.0 Å². The molecule has 22 heavy (non-hydrogen) atoms. The van der Waals surface area contributed by atoms with Gasteiger partial charge >= 0.3 is 5.97 Å². The van der Waals surface area contributed by atoms with E-state index in [2.05, 4.69) is 36.4 Å². The third kappa shape index (κ3) is 6.02. The Morgan fingerprint density at radius 1 is 1.27 bits per heavy atom. The third-order valence-corrected chi connectivity index (χ3v) is 3.89. The molecule has 0 aliphatic carbocycles. The number of rotatable bonds is 8. The van der Waals surface area contributed by atoms with E-state index >= 15 is 0 Å². The van der Waals surface area contributed by atoms with Crippen molar-refractivity contribution in [2.24, 2.45) is 0 Å². The minimum atomic E-state index is -0.108. The van der Waals surface area contributed by atoms with Crippen molar-refractivity contribution in [2.45, 2.75) is 57.7 Å². The van der Waals surface area contributed by atoms with Gasteiger partial charge in [-0.2, -0.15) is 0 Å². The summed E-state index contributed by atoms with van der Waals surface area (Å²) in [5.74, 6) is -0.108. The van der Waals surface area contributed by atoms with Gasteiger partial charge in [-0.15, -0.1) is 0 Å². The molecule has 2 rings (SSSR count). The molecule has 120 valence electrons. The van der Waals surface area contributed by atoms with Crippen molar-refractivity contribution in [1.82, 2.24) is 0 Å². The largest absolute Gasteiger partial charge is 0.466 e. The third-order valence-electron chi connectivity index (χ3n) is 3.89. The average molecular weight is 302 g/mol. The summed E-state index contributed by atoms with van der Waals surface area (Å²) in [6.45, 7) is 2.29. The van der Waals surface area contributed by atoms with E-state index in [1.165, 1.54) is 5.56 Å². The maximum absolute atomic E-state index is 11.3. The van der Waals surface area contributed by atoms with Gasteiger partial charge in [0.1, 0.15) is 0 Å². The molecular weight excluding hydrogens is 276 g/mol. The van der Waals surface area contributed by atoms with Crippen LogP contribution in [0.15, 0.2) is 42.5 Å². The number of aryl methyl sites for hydroxylation is 1. The minimum absolute atomic E-state index is 0.108. The van der Waals surface area contributed by atoms with Gasteiger partial charge in [0.25, 0.3) is 0 Å². The molecule has 0 radical (unpaired) electrons. The fourth-order valence-corrected chi connectivity index (χ4v) is 2.73. The summed E-state index contributed by atoms with van der Waals surface area (Å²) in [4.78, 5) is 11.3. The minimum Gasteiger partial charge on any atom is -0.466 e. The van der Waals surface area contributed by atoms with Crippen molar-refractivity contribution < 1.29 is 14.3 Å². The van der Waals surface area contributed by atoms with Crippen LogP contribution in [0.5, 0.6) is 0 Å². The molecule has 1 aromatic rings. The Morgan fingerprint density at radius 2 is 2.09 bits per heavy atom. The first-order chi connectivity index (χ1) is 10.8.